The number of halogens is 1. The lowest BCUT2D eigenvalue weighted by molar-refractivity contribution is 0.588. The third kappa shape index (κ3) is 4.40. The zero-order valence-corrected chi connectivity index (χ0v) is 19.2. The van der Waals surface area contributed by atoms with E-state index in [9.17, 15) is 8.42 Å². The Morgan fingerprint density at radius 3 is 2.34 bits per heavy atom. The van der Waals surface area contributed by atoms with Crippen molar-refractivity contribution in [3.63, 3.8) is 0 Å². The normalized spacial score (nSPS) is 11.4. The number of para-hydroxylation sites is 1. The molecule has 0 radical (unpaired) electrons. The van der Waals surface area contributed by atoms with Gasteiger partial charge in [0.15, 0.2) is 5.82 Å². The van der Waals surface area contributed by atoms with Crippen LogP contribution in [0.3, 0.4) is 0 Å². The minimum atomic E-state index is -3.80. The van der Waals surface area contributed by atoms with Gasteiger partial charge in [0, 0.05) is 22.8 Å². The van der Waals surface area contributed by atoms with Crippen LogP contribution in [0.25, 0.3) is 17.1 Å². The van der Waals surface area contributed by atoms with E-state index in [0.717, 1.165) is 12.1 Å². The van der Waals surface area contributed by atoms with Gasteiger partial charge in [-0.25, -0.2) is 8.42 Å². The Hall–Kier alpha value is -3.16. The molecule has 4 rings (SSSR count). The Morgan fingerprint density at radius 2 is 1.66 bits per heavy atom. The van der Waals surface area contributed by atoms with Crippen LogP contribution >= 0.6 is 11.6 Å². The molecule has 0 aliphatic rings. The fourth-order valence-electron chi connectivity index (χ4n) is 3.49. The van der Waals surface area contributed by atoms with Gasteiger partial charge in [0.1, 0.15) is 6.33 Å². The SMILES string of the molecule is CCCCN(c1ccc(Cl)cc1-c1nncn1-c1ccccc1)S(=O)(=O)c1ccccc1. The summed E-state index contributed by atoms with van der Waals surface area (Å²) in [5, 5.41) is 8.89. The molecule has 6 nitrogen and oxygen atoms in total. The number of hydrogen-bond donors (Lipinski definition) is 0. The molecule has 0 saturated heterocycles. The summed E-state index contributed by atoms with van der Waals surface area (Å²) in [6.45, 7) is 2.37. The monoisotopic (exact) mass is 466 g/mol. The smallest absolute Gasteiger partial charge is 0.264 e. The Kier molecular flexibility index (Phi) is 6.58. The van der Waals surface area contributed by atoms with Gasteiger partial charge in [0.25, 0.3) is 10.0 Å². The number of hydrogen-bond acceptors (Lipinski definition) is 4. The first kappa shape index (κ1) is 22.0. The fraction of sp³-hybridized carbons (Fsp3) is 0.167. The van der Waals surface area contributed by atoms with E-state index >= 15 is 0 Å². The van der Waals surface area contributed by atoms with Crippen molar-refractivity contribution < 1.29 is 8.42 Å². The number of anilines is 1. The van der Waals surface area contributed by atoms with Crippen molar-refractivity contribution >= 4 is 27.3 Å². The Morgan fingerprint density at radius 1 is 0.969 bits per heavy atom. The number of benzene rings is 3. The van der Waals surface area contributed by atoms with E-state index in [-0.39, 0.29) is 4.90 Å². The van der Waals surface area contributed by atoms with Gasteiger partial charge >= 0.3 is 0 Å². The molecule has 0 bridgehead atoms. The minimum Gasteiger partial charge on any atom is -0.282 e. The summed E-state index contributed by atoms with van der Waals surface area (Å²) in [5.41, 5.74) is 1.97. The Bertz CT molecular complexity index is 1290. The largest absolute Gasteiger partial charge is 0.282 e. The molecule has 0 fully saturated rings. The highest BCUT2D eigenvalue weighted by molar-refractivity contribution is 7.92. The summed E-state index contributed by atoms with van der Waals surface area (Å²) in [7, 11) is -3.80. The summed E-state index contributed by atoms with van der Waals surface area (Å²) < 4.78 is 30.6. The fourth-order valence-corrected chi connectivity index (χ4v) is 5.21. The highest BCUT2D eigenvalue weighted by Crippen LogP contribution is 2.36. The number of nitrogens with zero attached hydrogens (tertiary/aromatic N) is 4. The molecule has 3 aromatic carbocycles. The first-order valence-corrected chi connectivity index (χ1v) is 12.2. The van der Waals surface area contributed by atoms with Crippen molar-refractivity contribution in [3.05, 3.63) is 90.2 Å². The van der Waals surface area contributed by atoms with Crippen molar-refractivity contribution in [2.24, 2.45) is 0 Å². The zero-order valence-electron chi connectivity index (χ0n) is 17.6. The van der Waals surface area contributed by atoms with E-state index in [0.29, 0.717) is 35.1 Å². The van der Waals surface area contributed by atoms with Crippen LogP contribution in [-0.2, 0) is 10.0 Å². The van der Waals surface area contributed by atoms with Gasteiger partial charge in [0.05, 0.1) is 10.6 Å². The van der Waals surface area contributed by atoms with E-state index in [1.807, 2.05) is 41.8 Å². The van der Waals surface area contributed by atoms with Crippen LogP contribution in [0, 0.1) is 0 Å². The molecule has 1 heterocycles. The number of sulfonamides is 1. The molecular weight excluding hydrogens is 444 g/mol. The van der Waals surface area contributed by atoms with E-state index in [2.05, 4.69) is 10.2 Å². The van der Waals surface area contributed by atoms with Gasteiger partial charge in [-0.3, -0.25) is 8.87 Å². The van der Waals surface area contributed by atoms with Gasteiger partial charge in [0.2, 0.25) is 0 Å². The number of rotatable bonds is 8. The Labute approximate surface area is 193 Å². The topological polar surface area (TPSA) is 68.1 Å². The molecule has 0 unspecified atom stereocenters. The van der Waals surface area contributed by atoms with Crippen LogP contribution in [0.5, 0.6) is 0 Å². The van der Waals surface area contributed by atoms with Gasteiger partial charge < -0.3 is 0 Å². The molecule has 1 aromatic heterocycles. The molecule has 8 heteroatoms. The van der Waals surface area contributed by atoms with Crippen molar-refractivity contribution in [2.45, 2.75) is 24.7 Å². The van der Waals surface area contributed by atoms with E-state index in [1.165, 1.54) is 4.31 Å². The van der Waals surface area contributed by atoms with Crippen LogP contribution in [0.15, 0.2) is 90.1 Å². The third-order valence-corrected chi connectivity index (χ3v) is 7.16. The Balaban J connectivity index is 1.90. The number of unbranched alkanes of at least 4 members (excludes halogenated alkanes) is 1. The standard InChI is InChI=1S/C24H23ClN4O2S/c1-2-3-16-29(32(30,31)21-12-8-5-9-13-21)23-15-14-19(25)17-22(23)24-27-26-18-28(24)20-10-6-4-7-11-20/h4-15,17-18H,2-3,16H2,1H3. The third-order valence-electron chi connectivity index (χ3n) is 5.10. The van der Waals surface area contributed by atoms with Crippen molar-refractivity contribution in [1.82, 2.24) is 14.8 Å². The summed E-state index contributed by atoms with van der Waals surface area (Å²) in [6.07, 6.45) is 3.17. The van der Waals surface area contributed by atoms with E-state index in [4.69, 9.17) is 11.6 Å². The summed E-state index contributed by atoms with van der Waals surface area (Å²) in [6, 6.07) is 23.3. The highest BCUT2D eigenvalue weighted by atomic mass is 35.5. The van der Waals surface area contributed by atoms with Crippen molar-refractivity contribution in [2.75, 3.05) is 10.8 Å². The average molecular weight is 467 g/mol. The molecular formula is C24H23ClN4O2S. The van der Waals surface area contributed by atoms with Crippen LogP contribution < -0.4 is 4.31 Å². The molecule has 4 aromatic rings. The second-order valence-electron chi connectivity index (χ2n) is 7.27. The zero-order chi connectivity index (χ0) is 22.6. The van der Waals surface area contributed by atoms with Crippen LogP contribution in [-0.4, -0.2) is 29.7 Å². The summed E-state index contributed by atoms with van der Waals surface area (Å²) >= 11 is 6.35. The lowest BCUT2D eigenvalue weighted by Gasteiger charge is -2.26. The molecule has 0 amide bonds. The minimum absolute atomic E-state index is 0.238. The first-order chi connectivity index (χ1) is 15.5. The van der Waals surface area contributed by atoms with Crippen LogP contribution in [0.1, 0.15) is 19.8 Å². The van der Waals surface area contributed by atoms with E-state index in [1.54, 1.807) is 54.9 Å². The molecule has 0 N–H and O–H groups in total. The molecule has 0 aliphatic heterocycles. The van der Waals surface area contributed by atoms with Crippen LogP contribution in [0.4, 0.5) is 5.69 Å². The summed E-state index contributed by atoms with van der Waals surface area (Å²) in [4.78, 5) is 0.238. The average Bonchev–Trinajstić information content (AvgIpc) is 3.31. The molecule has 0 aliphatic carbocycles. The number of aromatic nitrogens is 3. The maximum absolute atomic E-state index is 13.7. The van der Waals surface area contributed by atoms with E-state index < -0.39 is 10.0 Å². The second kappa shape index (κ2) is 9.54. The lowest BCUT2D eigenvalue weighted by atomic mass is 10.1. The van der Waals surface area contributed by atoms with Gasteiger partial charge in [-0.05, 0) is 48.9 Å². The summed E-state index contributed by atoms with van der Waals surface area (Å²) in [5.74, 6) is 0.512. The molecule has 32 heavy (non-hydrogen) atoms. The van der Waals surface area contributed by atoms with Gasteiger partial charge in [-0.15, -0.1) is 10.2 Å². The maximum Gasteiger partial charge on any atom is 0.264 e. The van der Waals surface area contributed by atoms with Crippen molar-refractivity contribution in [1.29, 1.82) is 0 Å². The lowest BCUT2D eigenvalue weighted by Crippen LogP contribution is -2.32. The van der Waals surface area contributed by atoms with Gasteiger partial charge in [-0.2, -0.15) is 0 Å². The first-order valence-electron chi connectivity index (χ1n) is 10.4. The predicted octanol–water partition coefficient (Wildman–Crippen LogP) is 5.58. The molecule has 0 spiro atoms. The second-order valence-corrected chi connectivity index (χ2v) is 9.56. The maximum atomic E-state index is 13.7. The molecule has 0 atom stereocenters. The highest BCUT2D eigenvalue weighted by Gasteiger charge is 2.28. The molecule has 0 saturated carbocycles. The van der Waals surface area contributed by atoms with Gasteiger partial charge in [-0.1, -0.05) is 61.3 Å². The molecule has 164 valence electrons. The van der Waals surface area contributed by atoms with Crippen LogP contribution in [0.2, 0.25) is 5.02 Å². The quantitative estimate of drug-likeness (QED) is 0.340. The predicted molar refractivity (Wildman–Crippen MR) is 128 cm³/mol. The van der Waals surface area contributed by atoms with Crippen molar-refractivity contribution in [3.8, 4) is 17.1 Å².